The van der Waals surface area contributed by atoms with Crippen LogP contribution in [0.5, 0.6) is 0 Å². The Bertz CT molecular complexity index is 791. The van der Waals surface area contributed by atoms with Crippen LogP contribution in [0.1, 0.15) is 113 Å². The lowest BCUT2D eigenvalue weighted by Gasteiger charge is -2.63. The maximum absolute atomic E-state index is 10.8. The highest BCUT2D eigenvalue weighted by Crippen LogP contribution is 2.89. The van der Waals surface area contributed by atoms with Gasteiger partial charge in [0.1, 0.15) is 0 Å². The normalized spacial score (nSPS) is 52.7. The smallest absolute Gasteiger partial charge is 0.0771 e. The van der Waals surface area contributed by atoms with Gasteiger partial charge in [-0.2, -0.15) is 0 Å². The SMILES string of the molecule is C[C@H](CC=CC(C)(C)O)[C@H]1CC[C@@]2(C)[C@H]3CC[C@@H]4C(C)(C)[C@@H](O)CC[C@@]45C[C@@]35CC[C@]12C. The standard InChI is InChI=1S/C30H50O2/c1-20(9-8-14-25(2,3)32)21-12-15-28(7)23-11-10-22-26(4,5)24(31)13-16-29(22)19-30(23,29)18-17-27(21,28)6/h8,14,20-24,31-32H,9-13,15-19H2,1-7H3/t20-,21-,22-,23-,24+,27-,28+,29-,30+/m1/s1. The maximum Gasteiger partial charge on any atom is 0.0771 e. The minimum Gasteiger partial charge on any atom is -0.393 e. The van der Waals surface area contributed by atoms with E-state index in [2.05, 4.69) is 40.7 Å². The van der Waals surface area contributed by atoms with Gasteiger partial charge in [0, 0.05) is 0 Å². The predicted molar refractivity (Wildman–Crippen MR) is 132 cm³/mol. The second-order valence-corrected chi connectivity index (χ2v) is 14.8. The Morgan fingerprint density at radius 3 is 2.22 bits per heavy atom. The zero-order valence-corrected chi connectivity index (χ0v) is 22.0. The molecule has 2 N–H and O–H groups in total. The van der Waals surface area contributed by atoms with Crippen molar-refractivity contribution in [3.8, 4) is 0 Å². The third kappa shape index (κ3) is 2.84. The van der Waals surface area contributed by atoms with Crippen molar-refractivity contribution in [3.63, 3.8) is 0 Å². The number of rotatable bonds is 4. The van der Waals surface area contributed by atoms with Gasteiger partial charge >= 0.3 is 0 Å². The molecule has 0 radical (unpaired) electrons. The summed E-state index contributed by atoms with van der Waals surface area (Å²) < 4.78 is 0. The molecule has 0 aliphatic heterocycles. The van der Waals surface area contributed by atoms with Gasteiger partial charge in [-0.15, -0.1) is 0 Å². The zero-order valence-electron chi connectivity index (χ0n) is 22.0. The molecular formula is C30H50O2. The van der Waals surface area contributed by atoms with Crippen molar-refractivity contribution in [3.05, 3.63) is 12.2 Å². The van der Waals surface area contributed by atoms with Gasteiger partial charge in [-0.25, -0.2) is 0 Å². The Morgan fingerprint density at radius 2 is 1.53 bits per heavy atom. The van der Waals surface area contributed by atoms with Crippen LogP contribution < -0.4 is 0 Å². The maximum atomic E-state index is 10.8. The Labute approximate surface area is 197 Å². The summed E-state index contributed by atoms with van der Waals surface area (Å²) in [7, 11) is 0. The fourth-order valence-electron chi connectivity index (χ4n) is 11.0. The Kier molecular flexibility index (Phi) is 5.02. The molecule has 9 atom stereocenters. The molecule has 2 nitrogen and oxygen atoms in total. The fourth-order valence-corrected chi connectivity index (χ4v) is 11.0. The summed E-state index contributed by atoms with van der Waals surface area (Å²) >= 11 is 0. The van der Waals surface area contributed by atoms with Crippen LogP contribution in [0.2, 0.25) is 0 Å². The first kappa shape index (κ1) is 23.4. The summed E-state index contributed by atoms with van der Waals surface area (Å²) in [6.45, 7) is 16.3. The number of fused-ring (bicyclic) bond motifs is 2. The van der Waals surface area contributed by atoms with Crippen molar-refractivity contribution < 1.29 is 10.2 Å². The lowest BCUT2D eigenvalue weighted by atomic mass is 9.42. The van der Waals surface area contributed by atoms with E-state index in [1.165, 1.54) is 51.4 Å². The highest BCUT2D eigenvalue weighted by molar-refractivity contribution is 5.30. The quantitative estimate of drug-likeness (QED) is 0.454. The van der Waals surface area contributed by atoms with Crippen molar-refractivity contribution in [2.75, 3.05) is 0 Å². The molecule has 2 heteroatoms. The molecule has 0 heterocycles. The number of allylic oxidation sites excluding steroid dienone is 1. The van der Waals surface area contributed by atoms with Crippen molar-refractivity contribution in [1.82, 2.24) is 0 Å². The molecule has 5 rings (SSSR count). The van der Waals surface area contributed by atoms with Crippen LogP contribution in [0, 0.1) is 50.7 Å². The van der Waals surface area contributed by atoms with E-state index in [-0.39, 0.29) is 11.5 Å². The third-order valence-corrected chi connectivity index (χ3v) is 12.9. The summed E-state index contributed by atoms with van der Waals surface area (Å²) in [6.07, 6.45) is 17.4. The average Bonchev–Trinajstić information content (AvgIpc) is 3.27. The fraction of sp³-hybridized carbons (Fsp3) is 0.933. The molecule has 0 bridgehead atoms. The summed E-state index contributed by atoms with van der Waals surface area (Å²) in [5.41, 5.74) is 1.44. The van der Waals surface area contributed by atoms with Gasteiger partial charge in [0.15, 0.2) is 0 Å². The van der Waals surface area contributed by atoms with Crippen LogP contribution in [-0.2, 0) is 0 Å². The predicted octanol–water partition coefficient (Wildman–Crippen LogP) is 7.14. The molecule has 32 heavy (non-hydrogen) atoms. The molecule has 0 unspecified atom stereocenters. The molecule has 5 fully saturated rings. The number of aliphatic hydroxyl groups excluding tert-OH is 1. The molecule has 0 amide bonds. The largest absolute Gasteiger partial charge is 0.393 e. The van der Waals surface area contributed by atoms with Crippen LogP contribution in [0.3, 0.4) is 0 Å². The highest BCUT2D eigenvalue weighted by atomic mass is 16.3. The van der Waals surface area contributed by atoms with Crippen LogP contribution in [0.25, 0.3) is 0 Å². The van der Waals surface area contributed by atoms with E-state index in [1.807, 2.05) is 19.9 Å². The summed E-state index contributed by atoms with van der Waals surface area (Å²) in [4.78, 5) is 0. The molecule has 0 aromatic rings. The minimum absolute atomic E-state index is 0.0912. The number of aliphatic hydroxyl groups is 2. The van der Waals surface area contributed by atoms with Crippen molar-refractivity contribution in [2.24, 2.45) is 50.7 Å². The van der Waals surface area contributed by atoms with E-state index in [4.69, 9.17) is 0 Å². The molecular weight excluding hydrogens is 392 g/mol. The van der Waals surface area contributed by atoms with Crippen molar-refractivity contribution >= 4 is 0 Å². The third-order valence-electron chi connectivity index (χ3n) is 12.9. The van der Waals surface area contributed by atoms with Gasteiger partial charge < -0.3 is 10.2 Å². The second-order valence-electron chi connectivity index (χ2n) is 14.8. The first-order valence-corrected chi connectivity index (χ1v) is 13.8. The monoisotopic (exact) mass is 442 g/mol. The number of hydrogen-bond acceptors (Lipinski definition) is 2. The minimum atomic E-state index is -0.703. The average molecular weight is 443 g/mol. The Balaban J connectivity index is 1.40. The van der Waals surface area contributed by atoms with Crippen molar-refractivity contribution in [1.29, 1.82) is 0 Å². The van der Waals surface area contributed by atoms with Crippen LogP contribution >= 0.6 is 0 Å². The molecule has 0 saturated heterocycles. The molecule has 0 aromatic heterocycles. The van der Waals surface area contributed by atoms with Gasteiger partial charge in [-0.05, 0) is 129 Å². The van der Waals surface area contributed by atoms with Crippen LogP contribution in [0.15, 0.2) is 12.2 Å². The van der Waals surface area contributed by atoms with E-state index in [9.17, 15) is 10.2 Å². The van der Waals surface area contributed by atoms with E-state index in [0.29, 0.717) is 27.6 Å². The van der Waals surface area contributed by atoms with E-state index >= 15 is 0 Å². The lowest BCUT2D eigenvalue weighted by molar-refractivity contribution is -0.161. The molecule has 2 spiro atoms. The Morgan fingerprint density at radius 1 is 0.875 bits per heavy atom. The lowest BCUT2D eigenvalue weighted by Crippen LogP contribution is -2.57. The number of hydrogen-bond donors (Lipinski definition) is 2. The summed E-state index contributed by atoms with van der Waals surface area (Å²) in [5, 5.41) is 20.9. The summed E-state index contributed by atoms with van der Waals surface area (Å²) in [6, 6.07) is 0. The van der Waals surface area contributed by atoms with E-state index in [1.54, 1.807) is 0 Å². The van der Waals surface area contributed by atoms with E-state index in [0.717, 1.165) is 30.6 Å². The molecule has 5 aliphatic rings. The molecule has 5 aliphatic carbocycles. The topological polar surface area (TPSA) is 40.5 Å². The van der Waals surface area contributed by atoms with Crippen molar-refractivity contribution in [2.45, 2.75) is 124 Å². The van der Waals surface area contributed by atoms with Gasteiger partial charge in [0.25, 0.3) is 0 Å². The van der Waals surface area contributed by atoms with Gasteiger partial charge in [-0.1, -0.05) is 46.8 Å². The second kappa shape index (κ2) is 6.87. The van der Waals surface area contributed by atoms with Gasteiger partial charge in [-0.3, -0.25) is 0 Å². The summed E-state index contributed by atoms with van der Waals surface area (Å²) in [5.74, 6) is 3.10. The van der Waals surface area contributed by atoms with Gasteiger partial charge in [0.05, 0.1) is 11.7 Å². The highest BCUT2D eigenvalue weighted by Gasteiger charge is 2.82. The first-order valence-electron chi connectivity index (χ1n) is 13.8. The molecule has 0 aromatic carbocycles. The van der Waals surface area contributed by atoms with Gasteiger partial charge in [0.2, 0.25) is 0 Å². The molecule has 5 saturated carbocycles. The Hall–Kier alpha value is -0.340. The first-order chi connectivity index (χ1) is 14.7. The molecule has 182 valence electrons. The van der Waals surface area contributed by atoms with Crippen LogP contribution in [-0.4, -0.2) is 21.9 Å². The van der Waals surface area contributed by atoms with Crippen LogP contribution in [0.4, 0.5) is 0 Å². The zero-order chi connectivity index (χ0) is 23.4. The van der Waals surface area contributed by atoms with E-state index < -0.39 is 5.60 Å².